The average Bonchev–Trinajstić information content (AvgIpc) is 2.87. The number of rotatable bonds is 4. The summed E-state index contributed by atoms with van der Waals surface area (Å²) < 4.78 is 7.69. The number of nitrogen functional groups attached to an aromatic ring is 1. The first-order valence-electron chi connectivity index (χ1n) is 6.18. The molecule has 0 atom stereocenters. The molecule has 16 heavy (non-hydrogen) atoms. The molecule has 0 aromatic carbocycles. The Morgan fingerprint density at radius 2 is 2.12 bits per heavy atom. The number of ether oxygens (including phenoxy) is 1. The summed E-state index contributed by atoms with van der Waals surface area (Å²) in [5, 5.41) is 4.34. The van der Waals surface area contributed by atoms with Gasteiger partial charge >= 0.3 is 0 Å². The second-order valence-electron chi connectivity index (χ2n) is 4.58. The summed E-state index contributed by atoms with van der Waals surface area (Å²) >= 11 is 0. The molecule has 0 unspecified atom stereocenters. The molecule has 0 amide bonds. The summed E-state index contributed by atoms with van der Waals surface area (Å²) in [5.41, 5.74) is 7.51. The molecule has 4 heteroatoms. The molecule has 0 bridgehead atoms. The number of nitrogens with zero attached hydrogens (tertiary/aromatic N) is 2. The van der Waals surface area contributed by atoms with Crippen molar-refractivity contribution in [3.8, 4) is 5.88 Å². The van der Waals surface area contributed by atoms with Gasteiger partial charge in [-0.25, -0.2) is 4.68 Å². The van der Waals surface area contributed by atoms with E-state index in [-0.39, 0.29) is 0 Å². The van der Waals surface area contributed by atoms with E-state index >= 15 is 0 Å². The minimum atomic E-state index is 0.694. The first-order chi connectivity index (χ1) is 7.72. The molecule has 0 aliphatic heterocycles. The molecule has 1 fully saturated rings. The van der Waals surface area contributed by atoms with E-state index in [0.29, 0.717) is 11.6 Å². The van der Waals surface area contributed by atoms with E-state index < -0.39 is 0 Å². The topological polar surface area (TPSA) is 53.1 Å². The van der Waals surface area contributed by atoms with Crippen molar-refractivity contribution in [2.75, 3.05) is 12.3 Å². The molecule has 0 radical (unpaired) electrons. The van der Waals surface area contributed by atoms with Crippen LogP contribution < -0.4 is 10.5 Å². The highest BCUT2D eigenvalue weighted by molar-refractivity contribution is 5.52. The summed E-state index contributed by atoms with van der Waals surface area (Å²) in [6.07, 6.45) is 5.27. The third-order valence-electron chi connectivity index (χ3n) is 3.36. The van der Waals surface area contributed by atoms with Crippen molar-refractivity contribution in [3.05, 3.63) is 5.69 Å². The van der Waals surface area contributed by atoms with Crippen LogP contribution in [0.4, 0.5) is 5.69 Å². The highest BCUT2D eigenvalue weighted by Crippen LogP contribution is 2.29. The van der Waals surface area contributed by atoms with Crippen molar-refractivity contribution < 1.29 is 4.74 Å². The van der Waals surface area contributed by atoms with Gasteiger partial charge in [0.25, 0.3) is 0 Å². The SMILES string of the molecule is CCn1nc(C)c(N)c1OCC1CCCC1. The van der Waals surface area contributed by atoms with Crippen molar-refractivity contribution in [1.29, 1.82) is 0 Å². The summed E-state index contributed by atoms with van der Waals surface area (Å²) in [6.45, 7) is 5.56. The minimum Gasteiger partial charge on any atom is -0.476 e. The third-order valence-corrected chi connectivity index (χ3v) is 3.36. The van der Waals surface area contributed by atoms with E-state index in [1.807, 2.05) is 18.5 Å². The van der Waals surface area contributed by atoms with Gasteiger partial charge in [-0.2, -0.15) is 5.10 Å². The molecular weight excluding hydrogens is 202 g/mol. The second kappa shape index (κ2) is 4.76. The molecule has 1 heterocycles. The number of aryl methyl sites for hydroxylation is 2. The predicted molar refractivity (Wildman–Crippen MR) is 64.5 cm³/mol. The number of hydrogen-bond acceptors (Lipinski definition) is 3. The Morgan fingerprint density at radius 3 is 2.75 bits per heavy atom. The van der Waals surface area contributed by atoms with Crippen LogP contribution in [0.2, 0.25) is 0 Å². The molecule has 4 nitrogen and oxygen atoms in total. The van der Waals surface area contributed by atoms with E-state index in [9.17, 15) is 0 Å². The molecule has 0 spiro atoms. The van der Waals surface area contributed by atoms with Crippen molar-refractivity contribution in [2.24, 2.45) is 5.92 Å². The van der Waals surface area contributed by atoms with Crippen LogP contribution in [0.3, 0.4) is 0 Å². The highest BCUT2D eigenvalue weighted by atomic mass is 16.5. The van der Waals surface area contributed by atoms with Crippen molar-refractivity contribution in [1.82, 2.24) is 9.78 Å². The van der Waals surface area contributed by atoms with Gasteiger partial charge in [-0.3, -0.25) is 0 Å². The predicted octanol–water partition coefficient (Wildman–Crippen LogP) is 2.36. The summed E-state index contributed by atoms with van der Waals surface area (Å²) in [7, 11) is 0. The molecule has 2 N–H and O–H groups in total. The Hall–Kier alpha value is -1.19. The first-order valence-corrected chi connectivity index (χ1v) is 6.18. The zero-order valence-electron chi connectivity index (χ0n) is 10.2. The van der Waals surface area contributed by atoms with Crippen LogP contribution in [0.1, 0.15) is 38.3 Å². The van der Waals surface area contributed by atoms with E-state index in [4.69, 9.17) is 10.5 Å². The van der Waals surface area contributed by atoms with Crippen molar-refractivity contribution >= 4 is 5.69 Å². The fourth-order valence-electron chi connectivity index (χ4n) is 2.31. The lowest BCUT2D eigenvalue weighted by atomic mass is 10.1. The lowest BCUT2D eigenvalue weighted by Crippen LogP contribution is -2.12. The number of anilines is 1. The smallest absolute Gasteiger partial charge is 0.236 e. The van der Waals surface area contributed by atoms with Gasteiger partial charge in [0.05, 0.1) is 12.3 Å². The van der Waals surface area contributed by atoms with Crippen molar-refractivity contribution in [2.45, 2.75) is 46.1 Å². The summed E-state index contributed by atoms with van der Waals surface area (Å²) in [6, 6.07) is 0. The monoisotopic (exact) mass is 223 g/mol. The maximum atomic E-state index is 5.96. The fourth-order valence-corrected chi connectivity index (χ4v) is 2.31. The van der Waals surface area contributed by atoms with E-state index in [1.54, 1.807) is 0 Å². The standard InChI is InChI=1S/C12H21N3O/c1-3-15-12(11(13)9(2)14-15)16-8-10-6-4-5-7-10/h10H,3-8,13H2,1-2H3. The Balaban J connectivity index is 2.01. The van der Waals surface area contributed by atoms with Gasteiger partial charge in [0.15, 0.2) is 0 Å². The van der Waals surface area contributed by atoms with Gasteiger partial charge in [-0.1, -0.05) is 12.8 Å². The van der Waals surface area contributed by atoms with Crippen LogP contribution in [0.15, 0.2) is 0 Å². The van der Waals surface area contributed by atoms with Crippen LogP contribution >= 0.6 is 0 Å². The number of nitrogens with two attached hydrogens (primary N) is 1. The fraction of sp³-hybridized carbons (Fsp3) is 0.750. The number of aromatic nitrogens is 2. The molecule has 90 valence electrons. The summed E-state index contributed by atoms with van der Waals surface area (Å²) in [4.78, 5) is 0. The largest absolute Gasteiger partial charge is 0.476 e. The average molecular weight is 223 g/mol. The molecule has 1 saturated carbocycles. The van der Waals surface area contributed by atoms with Crippen LogP contribution in [0.25, 0.3) is 0 Å². The molecule has 1 aromatic heterocycles. The van der Waals surface area contributed by atoms with Crippen LogP contribution in [0.5, 0.6) is 5.88 Å². The zero-order valence-corrected chi connectivity index (χ0v) is 10.2. The maximum Gasteiger partial charge on any atom is 0.236 e. The molecule has 2 rings (SSSR count). The van der Waals surface area contributed by atoms with E-state index in [0.717, 1.165) is 24.7 Å². The van der Waals surface area contributed by atoms with Gasteiger partial charge in [-0.05, 0) is 32.6 Å². The molecular formula is C12H21N3O. The van der Waals surface area contributed by atoms with E-state index in [1.165, 1.54) is 25.7 Å². The second-order valence-corrected chi connectivity index (χ2v) is 4.58. The third kappa shape index (κ3) is 2.15. The van der Waals surface area contributed by atoms with Crippen LogP contribution in [-0.4, -0.2) is 16.4 Å². The van der Waals surface area contributed by atoms with Crippen molar-refractivity contribution in [3.63, 3.8) is 0 Å². The summed E-state index contributed by atoms with van der Waals surface area (Å²) in [5.74, 6) is 1.46. The normalized spacial score (nSPS) is 16.9. The quantitative estimate of drug-likeness (QED) is 0.852. The Labute approximate surface area is 96.8 Å². The minimum absolute atomic E-state index is 0.694. The Bertz CT molecular complexity index is 353. The molecule has 1 aliphatic carbocycles. The van der Waals surface area contributed by atoms with Crippen LogP contribution in [-0.2, 0) is 6.54 Å². The lowest BCUT2D eigenvalue weighted by Gasteiger charge is -2.12. The van der Waals surface area contributed by atoms with E-state index in [2.05, 4.69) is 5.10 Å². The molecule has 0 saturated heterocycles. The first kappa shape index (κ1) is 11.3. The molecule has 1 aliphatic rings. The molecule has 1 aromatic rings. The zero-order chi connectivity index (χ0) is 11.5. The van der Waals surface area contributed by atoms with Gasteiger partial charge < -0.3 is 10.5 Å². The number of hydrogen-bond donors (Lipinski definition) is 1. The lowest BCUT2D eigenvalue weighted by molar-refractivity contribution is 0.231. The van der Waals surface area contributed by atoms with Crippen LogP contribution in [0, 0.1) is 12.8 Å². The highest BCUT2D eigenvalue weighted by Gasteiger charge is 2.18. The van der Waals surface area contributed by atoms with Gasteiger partial charge in [0.2, 0.25) is 5.88 Å². The maximum absolute atomic E-state index is 5.96. The van der Waals surface area contributed by atoms with Gasteiger partial charge in [0.1, 0.15) is 5.69 Å². The van der Waals surface area contributed by atoms with Gasteiger partial charge in [0, 0.05) is 6.54 Å². The Kier molecular flexibility index (Phi) is 3.36. The Morgan fingerprint density at radius 1 is 1.44 bits per heavy atom. The van der Waals surface area contributed by atoms with Gasteiger partial charge in [-0.15, -0.1) is 0 Å².